The molecular weight excluding hydrogens is 254 g/mol. The van der Waals surface area contributed by atoms with E-state index in [4.69, 9.17) is 9.15 Å². The molecule has 1 saturated carbocycles. The summed E-state index contributed by atoms with van der Waals surface area (Å²) in [4.78, 5) is 12.0. The van der Waals surface area contributed by atoms with E-state index in [9.17, 15) is 4.79 Å². The Morgan fingerprint density at radius 3 is 2.85 bits per heavy atom. The predicted octanol–water partition coefficient (Wildman–Crippen LogP) is 2.67. The van der Waals surface area contributed by atoms with Crippen LogP contribution in [0.5, 0.6) is 5.75 Å². The van der Waals surface area contributed by atoms with Crippen LogP contribution < -0.4 is 15.1 Å². The second-order valence-electron chi connectivity index (χ2n) is 5.56. The van der Waals surface area contributed by atoms with Crippen LogP contribution >= 0.6 is 0 Å². The predicted molar refractivity (Wildman–Crippen MR) is 75.8 cm³/mol. The number of rotatable bonds is 3. The van der Waals surface area contributed by atoms with Crippen molar-refractivity contribution in [2.45, 2.75) is 38.6 Å². The molecule has 0 amide bonds. The van der Waals surface area contributed by atoms with E-state index in [0.717, 1.165) is 17.7 Å². The van der Waals surface area contributed by atoms with Gasteiger partial charge in [0.05, 0.1) is 12.5 Å². The second kappa shape index (κ2) is 5.65. The zero-order valence-electron chi connectivity index (χ0n) is 11.8. The molecule has 0 aliphatic heterocycles. The summed E-state index contributed by atoms with van der Waals surface area (Å²) in [5, 5.41) is 0.903. The molecule has 4 heteroatoms. The number of hydrogen-bond donors (Lipinski definition) is 0. The minimum absolute atomic E-state index is 0.270. The fraction of sp³-hybridized carbons (Fsp3) is 0.500. The normalized spacial score (nSPS) is 16.4. The topological polar surface area (TPSA) is 43.3 Å². The van der Waals surface area contributed by atoms with Gasteiger partial charge in [-0.2, -0.15) is 4.79 Å². The van der Waals surface area contributed by atoms with E-state index in [1.54, 1.807) is 23.8 Å². The first-order valence-corrected chi connectivity index (χ1v) is 7.27. The zero-order chi connectivity index (χ0) is 13.9. The quantitative estimate of drug-likeness (QED) is 0.808. The summed E-state index contributed by atoms with van der Waals surface area (Å²) in [5.41, 5.74) is 0.607. The van der Waals surface area contributed by atoms with Crippen molar-refractivity contribution >= 4 is 11.0 Å². The van der Waals surface area contributed by atoms with Gasteiger partial charge in [-0.1, -0.05) is 19.3 Å². The van der Waals surface area contributed by atoms with E-state index in [-0.39, 0.29) is 5.76 Å². The maximum absolute atomic E-state index is 12.0. The fourth-order valence-electron chi connectivity index (χ4n) is 3.00. The van der Waals surface area contributed by atoms with Crippen molar-refractivity contribution in [2.24, 2.45) is 5.92 Å². The minimum Gasteiger partial charge on any atom is -0.497 e. The largest absolute Gasteiger partial charge is 0.602 e. The Balaban J connectivity index is 1.93. The van der Waals surface area contributed by atoms with E-state index in [1.165, 1.54) is 32.1 Å². The first-order valence-electron chi connectivity index (χ1n) is 7.27. The number of aromatic nitrogens is 1. The van der Waals surface area contributed by atoms with Crippen LogP contribution in [0.25, 0.3) is 11.0 Å². The van der Waals surface area contributed by atoms with Gasteiger partial charge in [0.15, 0.2) is 18.3 Å². The van der Waals surface area contributed by atoms with Crippen molar-refractivity contribution in [1.29, 1.82) is 0 Å². The summed E-state index contributed by atoms with van der Waals surface area (Å²) in [7, 11) is 1.64. The zero-order valence-corrected chi connectivity index (χ0v) is 11.8. The molecule has 1 aliphatic rings. The Labute approximate surface area is 118 Å². The van der Waals surface area contributed by atoms with Crippen LogP contribution in [-0.2, 0) is 6.54 Å². The van der Waals surface area contributed by atoms with Crippen molar-refractivity contribution in [2.75, 3.05) is 7.11 Å². The van der Waals surface area contributed by atoms with Gasteiger partial charge in [0.25, 0.3) is 0 Å². The van der Waals surface area contributed by atoms with Crippen molar-refractivity contribution in [3.05, 3.63) is 34.9 Å². The number of fused-ring (bicyclic) bond motifs is 1. The molecule has 106 valence electrons. The SMILES string of the molecule is COc1ccc2oc(=O)[n+](CC3CCCCC3)cc2c1. The minimum atomic E-state index is -0.270. The Kier molecular flexibility index (Phi) is 3.72. The summed E-state index contributed by atoms with van der Waals surface area (Å²) in [6, 6.07) is 5.48. The van der Waals surface area contributed by atoms with Crippen molar-refractivity contribution in [3.63, 3.8) is 0 Å². The second-order valence-corrected chi connectivity index (χ2v) is 5.56. The van der Waals surface area contributed by atoms with Crippen molar-refractivity contribution < 1.29 is 13.7 Å². The third kappa shape index (κ3) is 2.69. The molecular formula is C16H20NO3+. The highest BCUT2D eigenvalue weighted by molar-refractivity contribution is 5.76. The third-order valence-corrected chi connectivity index (χ3v) is 4.12. The maximum atomic E-state index is 12.0. The van der Waals surface area contributed by atoms with Crippen molar-refractivity contribution in [1.82, 2.24) is 0 Å². The molecule has 4 nitrogen and oxygen atoms in total. The van der Waals surface area contributed by atoms with Gasteiger partial charge in [0.1, 0.15) is 5.75 Å². The molecule has 0 atom stereocenters. The molecule has 1 aromatic carbocycles. The highest BCUT2D eigenvalue weighted by Gasteiger charge is 2.21. The fourth-order valence-corrected chi connectivity index (χ4v) is 3.00. The molecule has 1 aliphatic carbocycles. The smallest absolute Gasteiger partial charge is 0.497 e. The van der Waals surface area contributed by atoms with Crippen LogP contribution in [0.2, 0.25) is 0 Å². The van der Waals surface area contributed by atoms with Gasteiger partial charge in [0.2, 0.25) is 0 Å². The first kappa shape index (κ1) is 13.2. The summed E-state index contributed by atoms with van der Waals surface area (Å²) in [6.07, 6.45) is 8.18. The average molecular weight is 274 g/mol. The molecule has 2 aromatic rings. The van der Waals surface area contributed by atoms with E-state index < -0.39 is 0 Å². The summed E-state index contributed by atoms with van der Waals surface area (Å²) < 4.78 is 12.3. The number of ether oxygens (including phenoxy) is 1. The van der Waals surface area contributed by atoms with Gasteiger partial charge < -0.3 is 9.15 Å². The lowest BCUT2D eigenvalue weighted by Gasteiger charge is -2.17. The molecule has 0 saturated heterocycles. The van der Waals surface area contributed by atoms with Crippen LogP contribution in [-0.4, -0.2) is 7.11 Å². The van der Waals surface area contributed by atoms with Gasteiger partial charge in [-0.25, -0.2) is 0 Å². The lowest BCUT2D eigenvalue weighted by molar-refractivity contribution is -0.726. The molecule has 1 heterocycles. The summed E-state index contributed by atoms with van der Waals surface area (Å²) in [5.74, 6) is 1.10. The van der Waals surface area contributed by atoms with Crippen LogP contribution in [0.1, 0.15) is 32.1 Å². The van der Waals surface area contributed by atoms with Gasteiger partial charge in [-0.15, -0.1) is 4.57 Å². The first-order chi connectivity index (χ1) is 9.76. The average Bonchev–Trinajstić information content (AvgIpc) is 2.48. The van der Waals surface area contributed by atoms with Crippen molar-refractivity contribution in [3.8, 4) is 5.75 Å². The third-order valence-electron chi connectivity index (χ3n) is 4.12. The molecule has 0 bridgehead atoms. The number of hydrogen-bond acceptors (Lipinski definition) is 3. The van der Waals surface area contributed by atoms with Gasteiger partial charge >= 0.3 is 5.76 Å². The Bertz CT molecular complexity index is 656. The highest BCUT2D eigenvalue weighted by atomic mass is 16.5. The van der Waals surface area contributed by atoms with Gasteiger partial charge in [0, 0.05) is 5.92 Å². The molecule has 0 radical (unpaired) electrons. The lowest BCUT2D eigenvalue weighted by Crippen LogP contribution is -2.51. The number of nitrogens with zero attached hydrogens (tertiary/aromatic N) is 1. The van der Waals surface area contributed by atoms with Gasteiger partial charge in [-0.3, -0.25) is 0 Å². The molecule has 1 aromatic heterocycles. The van der Waals surface area contributed by atoms with E-state index in [0.29, 0.717) is 11.5 Å². The molecule has 1 fully saturated rings. The van der Waals surface area contributed by atoms with Gasteiger partial charge in [-0.05, 0) is 31.0 Å². The van der Waals surface area contributed by atoms with Crippen LogP contribution in [0, 0.1) is 5.92 Å². The lowest BCUT2D eigenvalue weighted by atomic mass is 9.89. The van der Waals surface area contributed by atoms with Crippen LogP contribution in [0.15, 0.2) is 33.6 Å². The summed E-state index contributed by atoms with van der Waals surface area (Å²) in [6.45, 7) is 0.759. The van der Waals surface area contributed by atoms with E-state index >= 15 is 0 Å². The standard InChI is InChI=1S/C16H20NO3/c1-19-14-7-8-15-13(9-14)11-17(16(18)20-15)10-12-5-3-2-4-6-12/h7-9,11-12H,2-6,10H2,1H3/q+1. The van der Waals surface area contributed by atoms with Crippen LogP contribution in [0.3, 0.4) is 0 Å². The Morgan fingerprint density at radius 1 is 1.30 bits per heavy atom. The molecule has 0 unspecified atom stereocenters. The molecule has 0 spiro atoms. The summed E-state index contributed by atoms with van der Waals surface area (Å²) >= 11 is 0. The molecule has 0 N–H and O–H groups in total. The highest BCUT2D eigenvalue weighted by Crippen LogP contribution is 2.24. The number of benzene rings is 1. The van der Waals surface area contributed by atoms with E-state index in [2.05, 4.69) is 0 Å². The molecule has 3 rings (SSSR count). The monoisotopic (exact) mass is 274 g/mol. The maximum Gasteiger partial charge on any atom is 0.602 e. The Hall–Kier alpha value is -1.84. The van der Waals surface area contributed by atoms with E-state index in [1.807, 2.05) is 12.3 Å². The van der Waals surface area contributed by atoms with Crippen LogP contribution in [0.4, 0.5) is 0 Å². The Morgan fingerprint density at radius 2 is 2.10 bits per heavy atom. The number of methoxy groups -OCH3 is 1. The molecule has 20 heavy (non-hydrogen) atoms.